The summed E-state index contributed by atoms with van der Waals surface area (Å²) in [7, 11) is 0. The number of carbonyl (C=O) groups excluding carboxylic acids is 1. The van der Waals surface area contributed by atoms with Gasteiger partial charge in [0.15, 0.2) is 0 Å². The van der Waals surface area contributed by atoms with Crippen LogP contribution in [0.3, 0.4) is 0 Å². The Kier molecular flexibility index (Phi) is 6.85. The van der Waals surface area contributed by atoms with Gasteiger partial charge in [-0.05, 0) is 69.5 Å². The van der Waals surface area contributed by atoms with E-state index in [0.717, 1.165) is 79.5 Å². The van der Waals surface area contributed by atoms with Crippen LogP contribution >= 0.6 is 11.6 Å². The molecule has 0 unspecified atom stereocenters. The summed E-state index contributed by atoms with van der Waals surface area (Å²) < 4.78 is 2.37. The molecule has 1 amide bonds. The Morgan fingerprint density at radius 2 is 1.83 bits per heavy atom. The van der Waals surface area contributed by atoms with Crippen LogP contribution in [-0.2, 0) is 23.3 Å². The summed E-state index contributed by atoms with van der Waals surface area (Å²) in [6.45, 7) is 11.9. The Bertz CT molecular complexity index is 1250. The van der Waals surface area contributed by atoms with Crippen molar-refractivity contribution in [2.45, 2.75) is 57.7 Å². The summed E-state index contributed by atoms with van der Waals surface area (Å²) in [5.74, 6) is 0.229. The van der Waals surface area contributed by atoms with Crippen molar-refractivity contribution >= 4 is 34.1 Å². The van der Waals surface area contributed by atoms with E-state index in [-0.39, 0.29) is 11.3 Å². The molecule has 6 rings (SSSR count). The largest absolute Gasteiger partial charge is 0.391 e. The van der Waals surface area contributed by atoms with E-state index >= 15 is 0 Å². The highest BCUT2D eigenvalue weighted by Gasteiger charge is 2.59. The van der Waals surface area contributed by atoms with Crippen molar-refractivity contribution in [3.63, 3.8) is 0 Å². The fourth-order valence-electron chi connectivity index (χ4n) is 5.29. The van der Waals surface area contributed by atoms with Crippen LogP contribution < -0.4 is 10.2 Å². The zero-order chi connectivity index (χ0) is 25.5. The standard InChI is InChI=1S/C24H26ClN5O.C4H10O/c25-18-1-2-21-17(13-18)14-19(29(21)12-11-28-9-7-26-8-10-28)16-30-22-15-27-6-3-20(22)24(4-5-24)23(30)31;1-4(2,3)5/h1-3,6,13-15,26H,4-5,7-12,16H2;5H,1-3H3. The van der Waals surface area contributed by atoms with Gasteiger partial charge >= 0.3 is 0 Å². The van der Waals surface area contributed by atoms with Crippen LogP contribution in [0.4, 0.5) is 5.69 Å². The maximum absolute atomic E-state index is 13.4. The Balaban J connectivity index is 0.000000489. The Labute approximate surface area is 218 Å². The highest BCUT2D eigenvalue weighted by molar-refractivity contribution is 6.31. The number of benzene rings is 1. The molecule has 192 valence electrons. The first-order valence-electron chi connectivity index (χ1n) is 12.9. The number of aliphatic hydroxyl groups is 1. The second-order valence-electron chi connectivity index (χ2n) is 11.1. The van der Waals surface area contributed by atoms with Gasteiger partial charge in [0, 0.05) is 67.1 Å². The Morgan fingerprint density at radius 1 is 1.11 bits per heavy atom. The van der Waals surface area contributed by atoms with Crippen molar-refractivity contribution in [2.75, 3.05) is 37.6 Å². The number of anilines is 1. The number of nitrogens with zero attached hydrogens (tertiary/aromatic N) is 4. The monoisotopic (exact) mass is 509 g/mol. The number of carbonyl (C=O) groups is 1. The number of aromatic nitrogens is 2. The second-order valence-corrected chi connectivity index (χ2v) is 11.6. The van der Waals surface area contributed by atoms with E-state index in [1.54, 1.807) is 20.8 Å². The summed E-state index contributed by atoms with van der Waals surface area (Å²) >= 11 is 6.29. The lowest BCUT2D eigenvalue weighted by atomic mass is 9.99. The van der Waals surface area contributed by atoms with Crippen molar-refractivity contribution in [2.24, 2.45) is 0 Å². The summed E-state index contributed by atoms with van der Waals surface area (Å²) in [5, 5.41) is 13.8. The van der Waals surface area contributed by atoms with Gasteiger partial charge in [-0.15, -0.1) is 0 Å². The normalized spacial score (nSPS) is 18.9. The third-order valence-corrected chi connectivity index (χ3v) is 7.36. The number of fused-ring (bicyclic) bond motifs is 3. The zero-order valence-electron chi connectivity index (χ0n) is 21.4. The fraction of sp³-hybridized carbons (Fsp3) is 0.500. The molecule has 3 aromatic rings. The highest BCUT2D eigenvalue weighted by atomic mass is 35.5. The van der Waals surface area contributed by atoms with Crippen molar-refractivity contribution < 1.29 is 9.90 Å². The van der Waals surface area contributed by atoms with Crippen LogP contribution in [0.25, 0.3) is 10.9 Å². The molecule has 0 atom stereocenters. The predicted octanol–water partition coefficient (Wildman–Crippen LogP) is 3.95. The van der Waals surface area contributed by atoms with Crippen molar-refractivity contribution in [3.8, 4) is 0 Å². The summed E-state index contributed by atoms with van der Waals surface area (Å²) in [4.78, 5) is 22.2. The van der Waals surface area contributed by atoms with Gasteiger partial charge in [0.1, 0.15) is 0 Å². The van der Waals surface area contributed by atoms with Crippen molar-refractivity contribution in [1.29, 1.82) is 0 Å². The average molecular weight is 510 g/mol. The van der Waals surface area contributed by atoms with Gasteiger partial charge in [-0.3, -0.25) is 14.7 Å². The molecule has 4 heterocycles. The lowest BCUT2D eigenvalue weighted by Gasteiger charge is -2.28. The SMILES string of the molecule is CC(C)(C)O.O=C1N(Cc2cc3cc(Cl)ccc3n2CCN2CCNCC2)c2cnccc2C12CC2. The Morgan fingerprint density at radius 3 is 2.53 bits per heavy atom. The molecule has 1 aromatic carbocycles. The minimum Gasteiger partial charge on any atom is -0.391 e. The molecule has 1 saturated heterocycles. The maximum Gasteiger partial charge on any atom is 0.238 e. The predicted molar refractivity (Wildman–Crippen MR) is 145 cm³/mol. The molecule has 2 aromatic heterocycles. The molecular weight excluding hydrogens is 474 g/mol. The molecule has 2 N–H and O–H groups in total. The molecule has 1 aliphatic carbocycles. The highest BCUT2D eigenvalue weighted by Crippen LogP contribution is 2.57. The minimum atomic E-state index is -0.500. The number of piperazine rings is 1. The van der Waals surface area contributed by atoms with E-state index in [9.17, 15) is 4.79 Å². The van der Waals surface area contributed by atoms with Crippen LogP contribution in [0.1, 0.15) is 44.9 Å². The van der Waals surface area contributed by atoms with E-state index in [4.69, 9.17) is 16.7 Å². The summed E-state index contributed by atoms with van der Waals surface area (Å²) in [6, 6.07) is 10.3. The molecule has 1 saturated carbocycles. The van der Waals surface area contributed by atoms with Crippen LogP contribution in [0.5, 0.6) is 0 Å². The molecule has 2 aliphatic heterocycles. The van der Waals surface area contributed by atoms with Crippen LogP contribution in [0.2, 0.25) is 5.02 Å². The molecule has 1 spiro atoms. The number of rotatable bonds is 5. The van der Waals surface area contributed by atoms with Gasteiger partial charge < -0.3 is 19.9 Å². The molecule has 36 heavy (non-hydrogen) atoms. The average Bonchev–Trinajstić information content (AvgIpc) is 3.53. The maximum atomic E-state index is 13.4. The summed E-state index contributed by atoms with van der Waals surface area (Å²) in [5.41, 5.74) is 3.65. The lowest BCUT2D eigenvalue weighted by molar-refractivity contribution is -0.120. The van der Waals surface area contributed by atoms with E-state index in [2.05, 4.69) is 31.9 Å². The molecule has 8 heteroatoms. The molecule has 7 nitrogen and oxygen atoms in total. The van der Waals surface area contributed by atoms with E-state index in [1.807, 2.05) is 35.5 Å². The molecule has 2 fully saturated rings. The third kappa shape index (κ3) is 5.16. The van der Waals surface area contributed by atoms with E-state index in [0.29, 0.717) is 6.54 Å². The lowest BCUT2D eigenvalue weighted by Crippen LogP contribution is -2.44. The first kappa shape index (κ1) is 25.2. The van der Waals surface area contributed by atoms with Gasteiger partial charge in [0.05, 0.1) is 29.4 Å². The smallest absolute Gasteiger partial charge is 0.238 e. The number of halogens is 1. The van der Waals surface area contributed by atoms with Gasteiger partial charge in [0.25, 0.3) is 0 Å². The number of hydrogen-bond acceptors (Lipinski definition) is 5. The molecule has 0 bridgehead atoms. The molecular formula is C28H36ClN5O2. The first-order chi connectivity index (χ1) is 17.2. The first-order valence-corrected chi connectivity index (χ1v) is 13.2. The van der Waals surface area contributed by atoms with Gasteiger partial charge in [0.2, 0.25) is 5.91 Å². The third-order valence-electron chi connectivity index (χ3n) is 7.13. The number of hydrogen-bond donors (Lipinski definition) is 2. The molecule has 3 aliphatic rings. The van der Waals surface area contributed by atoms with Gasteiger partial charge in [-0.1, -0.05) is 11.6 Å². The number of nitrogens with one attached hydrogen (secondary N) is 1. The van der Waals surface area contributed by atoms with Gasteiger partial charge in [-0.25, -0.2) is 0 Å². The van der Waals surface area contributed by atoms with Crippen LogP contribution in [0, 0.1) is 0 Å². The minimum absolute atomic E-state index is 0.229. The Hall–Kier alpha value is -2.45. The second kappa shape index (κ2) is 9.78. The quantitative estimate of drug-likeness (QED) is 0.545. The van der Waals surface area contributed by atoms with Crippen LogP contribution in [0.15, 0.2) is 42.7 Å². The fourth-order valence-corrected chi connectivity index (χ4v) is 5.47. The number of amides is 1. The van der Waals surface area contributed by atoms with E-state index < -0.39 is 5.60 Å². The topological polar surface area (TPSA) is 73.6 Å². The van der Waals surface area contributed by atoms with Gasteiger partial charge in [-0.2, -0.15) is 0 Å². The summed E-state index contributed by atoms with van der Waals surface area (Å²) in [6.07, 6.45) is 5.55. The van der Waals surface area contributed by atoms with Crippen molar-refractivity contribution in [3.05, 3.63) is 59.0 Å². The zero-order valence-corrected chi connectivity index (χ0v) is 22.2. The van der Waals surface area contributed by atoms with Crippen LogP contribution in [-0.4, -0.2) is 63.8 Å². The number of pyridine rings is 1. The van der Waals surface area contributed by atoms with E-state index in [1.165, 1.54) is 5.52 Å². The van der Waals surface area contributed by atoms with Crippen molar-refractivity contribution in [1.82, 2.24) is 19.8 Å². The molecule has 0 radical (unpaired) electrons.